The van der Waals surface area contributed by atoms with Crippen LogP contribution >= 0.6 is 0 Å². The molecule has 3 saturated carbocycles. The number of hydrogen-bond acceptors (Lipinski definition) is 2. The molecule has 1 heterocycles. The number of carbonyl (C=O) groups is 1. The highest BCUT2D eigenvalue weighted by atomic mass is 16.5. The first kappa shape index (κ1) is 26.2. The Morgan fingerprint density at radius 1 is 1.06 bits per heavy atom. The summed E-state index contributed by atoms with van der Waals surface area (Å²) in [7, 11) is 1.76. The Morgan fingerprint density at radius 3 is 2.40 bits per heavy atom. The molecule has 4 aliphatic rings. The van der Waals surface area contributed by atoms with Gasteiger partial charge in [0, 0.05) is 26.0 Å². The second-order valence-electron chi connectivity index (χ2n) is 13.0. The molecule has 0 aromatic heterocycles. The van der Waals surface area contributed by atoms with E-state index in [4.69, 9.17) is 27.6 Å². The van der Waals surface area contributed by atoms with E-state index in [0.717, 1.165) is 56.4 Å². The molecule has 0 spiro atoms. The molecule has 1 aliphatic heterocycles. The zero-order valence-electron chi connectivity index (χ0n) is 22.9. The highest BCUT2D eigenvalue weighted by molar-refractivity contribution is 5.90. The number of ether oxygens (including phenoxy) is 1. The molecule has 0 radical (unpaired) electrons. The van der Waals surface area contributed by atoms with Gasteiger partial charge >= 0.3 is 11.1 Å². The predicted octanol–water partition coefficient (Wildman–Crippen LogP) is 6.69. The van der Waals surface area contributed by atoms with E-state index in [0.29, 0.717) is 11.8 Å². The first-order chi connectivity index (χ1) is 16.5. The second kappa shape index (κ2) is 9.23. The Kier molecular flexibility index (Phi) is 6.91. The Morgan fingerprint density at radius 2 is 1.77 bits per heavy atom. The molecule has 1 N–H and O–H groups in total. The summed E-state index contributed by atoms with van der Waals surface area (Å²) in [6.45, 7) is 24.4. The molecular weight excluding hydrogens is 434 g/mol. The summed E-state index contributed by atoms with van der Waals surface area (Å²) in [6.07, 6.45) is 12.0. The van der Waals surface area contributed by atoms with Crippen molar-refractivity contribution in [3.63, 3.8) is 0 Å². The van der Waals surface area contributed by atoms with Crippen LogP contribution in [0, 0.1) is 41.7 Å². The molecule has 4 rings (SSSR count). The van der Waals surface area contributed by atoms with Crippen molar-refractivity contribution in [2.24, 2.45) is 28.6 Å². The molecule has 0 aromatic carbocycles. The lowest BCUT2D eigenvalue weighted by molar-refractivity contribution is -0.119. The lowest BCUT2D eigenvalue weighted by Gasteiger charge is -2.53. The van der Waals surface area contributed by atoms with Crippen molar-refractivity contribution in [1.29, 1.82) is 0 Å². The van der Waals surface area contributed by atoms with Crippen molar-refractivity contribution in [2.45, 2.75) is 122 Å². The lowest BCUT2D eigenvalue weighted by atomic mass is 9.46. The van der Waals surface area contributed by atoms with E-state index in [2.05, 4.69) is 39.9 Å². The van der Waals surface area contributed by atoms with E-state index in [-0.39, 0.29) is 28.9 Å². The smallest absolute Gasteiger partial charge is 0.317 e. The molecule has 0 bridgehead atoms. The molecule has 0 aromatic rings. The number of fused-ring (bicyclic) bond motifs is 5. The number of rotatable bonds is 6. The van der Waals surface area contributed by atoms with Crippen LogP contribution in [0.5, 0.6) is 0 Å². The Bertz CT molecular complexity index is 960. The first-order valence-corrected chi connectivity index (χ1v) is 13.9. The van der Waals surface area contributed by atoms with Crippen LogP contribution < -0.4 is 5.32 Å². The lowest BCUT2D eigenvalue weighted by Crippen LogP contribution is -2.73. The highest BCUT2D eigenvalue weighted by Gasteiger charge is 2.83. The fourth-order valence-electron chi connectivity index (χ4n) is 8.97. The van der Waals surface area contributed by atoms with Crippen molar-refractivity contribution in [2.75, 3.05) is 7.11 Å². The molecule has 0 saturated heterocycles. The number of methoxy groups -OCH3 is 1. The minimum atomic E-state index is -0.637. The predicted molar refractivity (Wildman–Crippen MR) is 143 cm³/mol. The van der Waals surface area contributed by atoms with Gasteiger partial charge in [-0.25, -0.2) is 0 Å². The summed E-state index contributed by atoms with van der Waals surface area (Å²) >= 11 is 0. The van der Waals surface area contributed by atoms with Gasteiger partial charge < -0.3 is 10.1 Å². The average molecular weight is 482 g/mol. The summed E-state index contributed by atoms with van der Waals surface area (Å²) in [6, 6.07) is -0.318. The minimum Gasteiger partial charge on any atom is -0.381 e. The molecule has 8 atom stereocenters. The maximum atomic E-state index is 13.4. The molecule has 1 amide bonds. The number of hydrogen-bond donors (Lipinski definition) is 1. The number of nitrogens with one attached hydrogen (secondary N) is 1. The number of amides is 1. The largest absolute Gasteiger partial charge is 0.381 e. The fourth-order valence-corrected chi connectivity index (χ4v) is 8.97. The van der Waals surface area contributed by atoms with E-state index in [1.807, 2.05) is 0 Å². The topological polar surface area (TPSA) is 47.0 Å². The van der Waals surface area contributed by atoms with Crippen LogP contribution in [0.1, 0.15) is 98.8 Å². The van der Waals surface area contributed by atoms with E-state index in [1.54, 1.807) is 13.2 Å². The van der Waals surface area contributed by atoms with E-state index in [9.17, 15) is 4.79 Å². The standard InChI is InChI=1S/C30H46N3O2/c1-20(2)10-9-11-21(3)24-13-15-29(31-6)26-30(32-7,17-16-28(24,29)5)27(4)14-12-23(35-8)18-22(27)19-25(34)33-26/h6-7,19-21,23-24,26H,9-18H2,1-5,8H3/q+1/p+1/t21?,23-,24+,26-,27-,28+,29+,30+/m0/s1. The molecule has 192 valence electrons. The van der Waals surface area contributed by atoms with Gasteiger partial charge in [0.1, 0.15) is 0 Å². The van der Waals surface area contributed by atoms with Gasteiger partial charge in [-0.3, -0.25) is 4.79 Å². The van der Waals surface area contributed by atoms with Crippen molar-refractivity contribution in [3.8, 4) is 13.1 Å². The highest BCUT2D eigenvalue weighted by Crippen LogP contribution is 2.69. The van der Waals surface area contributed by atoms with Crippen LogP contribution in [-0.4, -0.2) is 36.2 Å². The monoisotopic (exact) mass is 481 g/mol. The SMILES string of the molecule is C#[N+][C@]12CC[C@]3(C)[C@@H](C(C)CCCC(C)C)CC[C@@]3([N+]#C)[C@@H]1NC(=O)C=C1C[C@@H](OC)CC[C@@]12C. The molecule has 35 heavy (non-hydrogen) atoms. The maximum Gasteiger partial charge on any atom is 0.317 e. The molecule has 1 unspecified atom stereocenters. The van der Waals surface area contributed by atoms with Crippen molar-refractivity contribution in [3.05, 3.63) is 21.3 Å². The normalized spacial score (nSPS) is 43.5. The average Bonchev–Trinajstić information content (AvgIpc) is 3.08. The third-order valence-corrected chi connectivity index (χ3v) is 11.2. The number of nitrogens with zero attached hydrogens (tertiary/aromatic N) is 2. The molecule has 3 aliphatic carbocycles. The maximum absolute atomic E-state index is 13.4. The van der Waals surface area contributed by atoms with Gasteiger partial charge in [0.15, 0.2) is 6.04 Å². The molecular formula is C30H47N3O2+2. The van der Waals surface area contributed by atoms with Crippen LogP contribution in [0.3, 0.4) is 0 Å². The van der Waals surface area contributed by atoms with Gasteiger partial charge in [-0.1, -0.05) is 56.6 Å². The molecule has 5 heteroatoms. The number of carbonyl (C=O) groups excluding carboxylic acids is 1. The van der Waals surface area contributed by atoms with Gasteiger partial charge in [-0.15, -0.1) is 0 Å². The zero-order chi connectivity index (χ0) is 25.6. The zero-order valence-corrected chi connectivity index (χ0v) is 22.9. The van der Waals surface area contributed by atoms with Gasteiger partial charge in [-0.2, -0.15) is 0 Å². The fraction of sp³-hybridized carbons (Fsp3) is 0.833. The third-order valence-electron chi connectivity index (χ3n) is 11.2. The van der Waals surface area contributed by atoms with Crippen LogP contribution in [0.2, 0.25) is 0 Å². The van der Waals surface area contributed by atoms with Crippen LogP contribution in [-0.2, 0) is 9.53 Å². The van der Waals surface area contributed by atoms with Crippen molar-refractivity contribution in [1.82, 2.24) is 5.32 Å². The summed E-state index contributed by atoms with van der Waals surface area (Å²) in [5.74, 6) is 1.77. The minimum absolute atomic E-state index is 0.0702. The van der Waals surface area contributed by atoms with E-state index in [1.165, 1.54) is 19.3 Å². The summed E-state index contributed by atoms with van der Waals surface area (Å²) in [5, 5.41) is 3.39. The van der Waals surface area contributed by atoms with Gasteiger partial charge in [0.2, 0.25) is 5.91 Å². The van der Waals surface area contributed by atoms with Crippen LogP contribution in [0.25, 0.3) is 9.69 Å². The Labute approximate surface area is 213 Å². The quantitative estimate of drug-likeness (QED) is 0.459. The van der Waals surface area contributed by atoms with Crippen molar-refractivity contribution < 1.29 is 9.53 Å². The first-order valence-electron chi connectivity index (χ1n) is 13.9. The van der Waals surface area contributed by atoms with Gasteiger partial charge in [-0.05, 0) is 62.4 Å². The summed E-state index contributed by atoms with van der Waals surface area (Å²) in [4.78, 5) is 22.8. The van der Waals surface area contributed by atoms with E-state index >= 15 is 0 Å². The van der Waals surface area contributed by atoms with Gasteiger partial charge in [0.25, 0.3) is 13.1 Å². The van der Waals surface area contributed by atoms with Gasteiger partial charge in [0.05, 0.1) is 16.9 Å². The third kappa shape index (κ3) is 3.68. The van der Waals surface area contributed by atoms with Crippen LogP contribution in [0.15, 0.2) is 11.6 Å². The second-order valence-corrected chi connectivity index (χ2v) is 13.0. The van der Waals surface area contributed by atoms with Crippen molar-refractivity contribution >= 4 is 5.91 Å². The summed E-state index contributed by atoms with van der Waals surface area (Å²) in [5.41, 5.74) is -0.541. The Hall–Kier alpha value is -1.85. The van der Waals surface area contributed by atoms with E-state index < -0.39 is 11.1 Å². The summed E-state index contributed by atoms with van der Waals surface area (Å²) < 4.78 is 5.70. The van der Waals surface area contributed by atoms with Crippen LogP contribution in [0.4, 0.5) is 0 Å². The molecule has 3 fully saturated rings. The Balaban J connectivity index is 1.74. The molecule has 5 nitrogen and oxygen atoms in total.